The van der Waals surface area contributed by atoms with Crippen molar-refractivity contribution in [3.8, 4) is 17.2 Å². The lowest BCUT2D eigenvalue weighted by Crippen LogP contribution is -2.32. The molecule has 210 valence electrons. The maximum absolute atomic E-state index is 13.3. The molecule has 0 aromatic heterocycles. The Morgan fingerprint density at radius 2 is 1.68 bits per heavy atom. The molecule has 8 heteroatoms. The fourth-order valence-electron chi connectivity index (χ4n) is 4.87. The van der Waals surface area contributed by atoms with Crippen LogP contribution in [-0.4, -0.2) is 68.0 Å². The first-order valence-electron chi connectivity index (χ1n) is 13.2. The lowest BCUT2D eigenvalue weighted by atomic mass is 9.95. The van der Waals surface area contributed by atoms with E-state index in [2.05, 4.69) is 6.07 Å². The summed E-state index contributed by atoms with van der Waals surface area (Å²) in [5.41, 5.74) is 3.30. The summed E-state index contributed by atoms with van der Waals surface area (Å²) in [6, 6.07) is 19.4. The van der Waals surface area contributed by atoms with Crippen molar-refractivity contribution in [2.24, 2.45) is 0 Å². The second kappa shape index (κ2) is 12.7. The molecule has 1 unspecified atom stereocenters. The van der Waals surface area contributed by atoms with Crippen LogP contribution in [0.2, 0.25) is 0 Å². The van der Waals surface area contributed by atoms with Crippen molar-refractivity contribution >= 4 is 17.4 Å². The van der Waals surface area contributed by atoms with E-state index in [1.807, 2.05) is 44.1 Å². The third-order valence-electron chi connectivity index (χ3n) is 6.88. The van der Waals surface area contributed by atoms with E-state index in [0.717, 1.165) is 17.7 Å². The van der Waals surface area contributed by atoms with E-state index in [1.54, 1.807) is 49.6 Å². The summed E-state index contributed by atoms with van der Waals surface area (Å²) in [6.07, 6.45) is 0.664. The van der Waals surface area contributed by atoms with E-state index in [1.165, 1.54) is 12.0 Å². The van der Waals surface area contributed by atoms with Gasteiger partial charge >= 0.3 is 0 Å². The number of aliphatic hydroxyl groups excluding tert-OH is 1. The smallest absolute Gasteiger partial charge is 0.295 e. The maximum Gasteiger partial charge on any atom is 0.295 e. The Kier molecular flexibility index (Phi) is 9.11. The molecule has 40 heavy (non-hydrogen) atoms. The zero-order valence-electron chi connectivity index (χ0n) is 23.6. The zero-order valence-corrected chi connectivity index (χ0v) is 23.6. The predicted octanol–water partition coefficient (Wildman–Crippen LogP) is 4.96. The second-order valence-electron chi connectivity index (χ2n) is 10.1. The first kappa shape index (κ1) is 28.7. The number of ether oxygens (including phenoxy) is 3. The number of benzene rings is 3. The Labute approximate surface area is 235 Å². The first-order valence-corrected chi connectivity index (χ1v) is 13.2. The number of Topliss-reactive ketones (excluding diaryl/α,β-unsaturated/α-hetero) is 1. The van der Waals surface area contributed by atoms with Crippen LogP contribution in [-0.2, 0) is 16.2 Å². The zero-order chi connectivity index (χ0) is 28.8. The largest absolute Gasteiger partial charge is 0.507 e. The Bertz CT molecular complexity index is 1400. The van der Waals surface area contributed by atoms with E-state index in [-0.39, 0.29) is 11.3 Å². The molecule has 3 aromatic rings. The minimum atomic E-state index is -0.779. The van der Waals surface area contributed by atoms with Gasteiger partial charge in [-0.2, -0.15) is 0 Å². The second-order valence-corrected chi connectivity index (χ2v) is 10.1. The number of aryl methyl sites for hydroxylation is 1. The van der Waals surface area contributed by atoms with Crippen LogP contribution in [0.5, 0.6) is 17.2 Å². The van der Waals surface area contributed by atoms with Gasteiger partial charge in [-0.05, 0) is 81.5 Å². The minimum absolute atomic E-state index is 0.0375. The summed E-state index contributed by atoms with van der Waals surface area (Å²) in [5.74, 6) is 0.0169. The molecule has 0 bridgehead atoms. The van der Waals surface area contributed by atoms with Gasteiger partial charge < -0.3 is 29.1 Å². The molecule has 1 amide bonds. The molecule has 0 spiro atoms. The van der Waals surface area contributed by atoms with Gasteiger partial charge in [0.15, 0.2) is 11.5 Å². The Morgan fingerprint density at radius 3 is 2.33 bits per heavy atom. The molecule has 1 heterocycles. The SMILES string of the molecule is COc1ccc(C2/C(=C(/O)c3ccc(OCc4cccc(C)c4)cc3)C(=O)C(=O)N2CCCN(C)C)cc1OC. The number of methoxy groups -OCH3 is 2. The first-order chi connectivity index (χ1) is 19.2. The molecule has 1 N–H and O–H groups in total. The van der Waals surface area contributed by atoms with Crippen molar-refractivity contribution in [1.29, 1.82) is 0 Å². The van der Waals surface area contributed by atoms with Crippen LogP contribution >= 0.6 is 0 Å². The van der Waals surface area contributed by atoms with Crippen molar-refractivity contribution in [3.05, 3.63) is 94.6 Å². The molecule has 1 saturated heterocycles. The number of carbonyl (C=O) groups excluding carboxylic acids is 2. The van der Waals surface area contributed by atoms with Crippen molar-refractivity contribution in [1.82, 2.24) is 9.80 Å². The third kappa shape index (κ3) is 6.29. The van der Waals surface area contributed by atoms with Crippen molar-refractivity contribution in [2.75, 3.05) is 41.4 Å². The molecule has 8 nitrogen and oxygen atoms in total. The highest BCUT2D eigenvalue weighted by Gasteiger charge is 2.46. The Balaban J connectivity index is 1.67. The highest BCUT2D eigenvalue weighted by atomic mass is 16.5. The molecule has 1 aliphatic heterocycles. The fourth-order valence-corrected chi connectivity index (χ4v) is 4.87. The molecule has 1 fully saturated rings. The number of aliphatic hydroxyl groups is 1. The summed E-state index contributed by atoms with van der Waals surface area (Å²) < 4.78 is 16.8. The summed E-state index contributed by atoms with van der Waals surface area (Å²) in [6.45, 7) is 3.53. The van der Waals surface area contributed by atoms with E-state index in [4.69, 9.17) is 14.2 Å². The van der Waals surface area contributed by atoms with E-state index in [9.17, 15) is 14.7 Å². The van der Waals surface area contributed by atoms with Crippen LogP contribution in [0.25, 0.3) is 5.76 Å². The standard InChI is InChI=1S/C32H36N2O6/c1-21-8-6-9-22(18-21)20-40-25-13-10-23(11-14-25)30(35)28-29(24-12-15-26(38-4)27(19-24)39-5)34(32(37)31(28)36)17-7-16-33(2)3/h6,8-15,18-19,29,35H,7,16-17,20H2,1-5H3/b30-28-. The average molecular weight is 545 g/mol. The lowest BCUT2D eigenvalue weighted by molar-refractivity contribution is -0.139. The normalized spacial score (nSPS) is 16.4. The van der Waals surface area contributed by atoms with Crippen LogP contribution in [0.3, 0.4) is 0 Å². The quantitative estimate of drug-likeness (QED) is 0.207. The van der Waals surface area contributed by atoms with Crippen LogP contribution < -0.4 is 14.2 Å². The van der Waals surface area contributed by atoms with Gasteiger partial charge in [0.2, 0.25) is 0 Å². The molecule has 1 aliphatic rings. The Hall–Kier alpha value is -4.30. The van der Waals surface area contributed by atoms with E-state index < -0.39 is 17.7 Å². The average Bonchev–Trinajstić information content (AvgIpc) is 3.20. The van der Waals surface area contributed by atoms with Gasteiger partial charge in [0.1, 0.15) is 18.1 Å². The van der Waals surface area contributed by atoms with Crippen molar-refractivity contribution < 1.29 is 28.9 Å². The Morgan fingerprint density at radius 1 is 0.950 bits per heavy atom. The predicted molar refractivity (Wildman–Crippen MR) is 154 cm³/mol. The van der Waals surface area contributed by atoms with Crippen LogP contribution in [0.1, 0.15) is 34.7 Å². The number of likely N-dealkylation sites (tertiary alicyclic amines) is 1. The molecular formula is C32H36N2O6. The van der Waals surface area contributed by atoms with Crippen molar-refractivity contribution in [2.45, 2.75) is 26.0 Å². The molecule has 0 aliphatic carbocycles. The minimum Gasteiger partial charge on any atom is -0.507 e. The van der Waals surface area contributed by atoms with Gasteiger partial charge in [0, 0.05) is 12.1 Å². The van der Waals surface area contributed by atoms with Gasteiger partial charge in [-0.3, -0.25) is 9.59 Å². The molecule has 1 atom stereocenters. The summed E-state index contributed by atoms with van der Waals surface area (Å²) in [4.78, 5) is 30.1. The van der Waals surface area contributed by atoms with Crippen LogP contribution in [0.15, 0.2) is 72.3 Å². The summed E-state index contributed by atoms with van der Waals surface area (Å²) in [7, 11) is 6.97. The molecule has 3 aromatic carbocycles. The van der Waals surface area contributed by atoms with Gasteiger partial charge in [-0.25, -0.2) is 0 Å². The summed E-state index contributed by atoms with van der Waals surface area (Å²) >= 11 is 0. The molecule has 4 rings (SSSR count). The number of hydrogen-bond acceptors (Lipinski definition) is 7. The monoisotopic (exact) mass is 544 g/mol. The van der Waals surface area contributed by atoms with Gasteiger partial charge in [-0.1, -0.05) is 35.9 Å². The fraction of sp³-hybridized carbons (Fsp3) is 0.312. The lowest BCUT2D eigenvalue weighted by Gasteiger charge is -2.26. The number of rotatable bonds is 11. The van der Waals surface area contributed by atoms with E-state index >= 15 is 0 Å². The topological polar surface area (TPSA) is 88.5 Å². The highest BCUT2D eigenvalue weighted by Crippen LogP contribution is 2.42. The number of hydrogen-bond donors (Lipinski definition) is 1. The van der Waals surface area contributed by atoms with Gasteiger partial charge in [-0.15, -0.1) is 0 Å². The summed E-state index contributed by atoms with van der Waals surface area (Å²) in [5, 5.41) is 11.4. The van der Waals surface area contributed by atoms with Crippen LogP contribution in [0.4, 0.5) is 0 Å². The number of nitrogens with zero attached hydrogens (tertiary/aromatic N) is 2. The molecule has 0 saturated carbocycles. The van der Waals surface area contributed by atoms with E-state index in [0.29, 0.717) is 47.9 Å². The molecule has 0 radical (unpaired) electrons. The highest BCUT2D eigenvalue weighted by molar-refractivity contribution is 6.46. The maximum atomic E-state index is 13.3. The number of carbonyl (C=O) groups is 2. The number of ketones is 1. The number of amides is 1. The molecular weight excluding hydrogens is 508 g/mol. The van der Waals surface area contributed by atoms with Crippen LogP contribution in [0, 0.1) is 6.92 Å². The van der Waals surface area contributed by atoms with Gasteiger partial charge in [0.25, 0.3) is 11.7 Å². The third-order valence-corrected chi connectivity index (χ3v) is 6.88. The van der Waals surface area contributed by atoms with Crippen molar-refractivity contribution in [3.63, 3.8) is 0 Å². The van der Waals surface area contributed by atoms with Gasteiger partial charge in [0.05, 0.1) is 25.8 Å².